The van der Waals surface area contributed by atoms with E-state index in [0.29, 0.717) is 0 Å². The van der Waals surface area contributed by atoms with Gasteiger partial charge < -0.3 is 15.3 Å². The van der Waals surface area contributed by atoms with Gasteiger partial charge in [0.1, 0.15) is 5.82 Å². The van der Waals surface area contributed by atoms with Crippen LogP contribution >= 0.6 is 0 Å². The Morgan fingerprint density at radius 1 is 1.48 bits per heavy atom. The van der Waals surface area contributed by atoms with Crippen LogP contribution in [0.25, 0.3) is 0 Å². The van der Waals surface area contributed by atoms with E-state index in [4.69, 9.17) is 5.73 Å². The van der Waals surface area contributed by atoms with E-state index in [-0.39, 0.29) is 11.6 Å². The maximum atomic E-state index is 11.9. The van der Waals surface area contributed by atoms with Crippen LogP contribution in [0.5, 0.6) is 0 Å². The Kier molecular flexibility index (Phi) is 4.01. The summed E-state index contributed by atoms with van der Waals surface area (Å²) in [5.41, 5.74) is 8.49. The molecule has 0 aliphatic carbocycles. The Morgan fingerprint density at radius 2 is 2.30 bits per heavy atom. The molecule has 0 saturated heterocycles. The minimum absolute atomic E-state index is 0.229. The van der Waals surface area contributed by atoms with Crippen molar-refractivity contribution in [2.24, 2.45) is 12.8 Å². The van der Waals surface area contributed by atoms with Gasteiger partial charge >= 0.3 is 0 Å². The zero-order valence-corrected chi connectivity index (χ0v) is 13.2. The number of H-pyrrole nitrogens is 2. The van der Waals surface area contributed by atoms with Crippen LogP contribution in [0.1, 0.15) is 52.5 Å². The molecule has 120 valence electrons. The van der Waals surface area contributed by atoms with Crippen molar-refractivity contribution in [1.29, 1.82) is 0 Å². The molecule has 0 fully saturated rings. The van der Waals surface area contributed by atoms with E-state index < -0.39 is 5.91 Å². The van der Waals surface area contributed by atoms with Gasteiger partial charge in [0, 0.05) is 42.6 Å². The minimum atomic E-state index is -0.538. The summed E-state index contributed by atoms with van der Waals surface area (Å²) in [6.07, 6.45) is 7.21. The zero-order chi connectivity index (χ0) is 16.4. The molecule has 1 unspecified atom stereocenters. The minimum Gasteiger partial charge on any atom is -0.364 e. The summed E-state index contributed by atoms with van der Waals surface area (Å²) in [5.74, 6) is 0.0610. The second kappa shape index (κ2) is 6.12. The van der Waals surface area contributed by atoms with Crippen LogP contribution in [-0.2, 0) is 13.5 Å². The number of carbonyl (C=O) groups excluding carboxylic acids is 1. The molecule has 0 aromatic carbocycles. The van der Waals surface area contributed by atoms with Gasteiger partial charge in [0.25, 0.3) is 5.91 Å². The average Bonchev–Trinajstić information content (AvgIpc) is 3.23. The van der Waals surface area contributed by atoms with E-state index in [0.717, 1.165) is 35.6 Å². The van der Waals surface area contributed by atoms with E-state index in [2.05, 4.69) is 27.1 Å². The van der Waals surface area contributed by atoms with Crippen molar-refractivity contribution in [3.05, 3.63) is 59.2 Å². The number of hydrogen-bond donors (Lipinski definition) is 3. The largest absolute Gasteiger partial charge is 0.364 e. The van der Waals surface area contributed by atoms with E-state index in [1.807, 2.05) is 36.1 Å². The molecular weight excluding hydrogens is 292 g/mol. The second-order valence-electron chi connectivity index (χ2n) is 5.53. The molecule has 4 N–H and O–H groups in total. The predicted octanol–water partition coefficient (Wildman–Crippen LogP) is 1.70. The smallest absolute Gasteiger partial charge is 0.269 e. The molecule has 3 aromatic rings. The highest BCUT2D eigenvalue weighted by Crippen LogP contribution is 2.33. The van der Waals surface area contributed by atoms with E-state index in [9.17, 15) is 4.79 Å². The molecule has 3 rings (SSSR count). The number of amides is 1. The van der Waals surface area contributed by atoms with Crippen molar-refractivity contribution in [1.82, 2.24) is 24.7 Å². The van der Waals surface area contributed by atoms with Crippen LogP contribution in [0.15, 0.2) is 30.7 Å². The fraction of sp³-hybridized carbons (Fsp3) is 0.312. The molecule has 0 spiro atoms. The molecule has 3 heterocycles. The van der Waals surface area contributed by atoms with Gasteiger partial charge in [0.2, 0.25) is 0 Å². The molecule has 0 radical (unpaired) electrons. The van der Waals surface area contributed by atoms with Crippen LogP contribution in [0, 0.1) is 0 Å². The molecule has 7 heteroatoms. The molecule has 0 bridgehead atoms. The summed E-state index contributed by atoms with van der Waals surface area (Å²) in [7, 11) is 1.93. The number of nitrogens with one attached hydrogen (secondary N) is 2. The first kappa shape index (κ1) is 15.1. The van der Waals surface area contributed by atoms with E-state index in [1.54, 1.807) is 6.20 Å². The first-order valence-corrected chi connectivity index (χ1v) is 7.60. The molecule has 0 saturated carbocycles. The quantitative estimate of drug-likeness (QED) is 0.645. The second-order valence-corrected chi connectivity index (χ2v) is 5.53. The number of rotatable bonds is 6. The number of primary amides is 1. The third kappa shape index (κ3) is 2.65. The van der Waals surface area contributed by atoms with Gasteiger partial charge in [-0.2, -0.15) is 5.10 Å². The Morgan fingerprint density at radius 3 is 2.87 bits per heavy atom. The fourth-order valence-corrected chi connectivity index (χ4v) is 2.93. The van der Waals surface area contributed by atoms with Gasteiger partial charge in [-0.05, 0) is 18.6 Å². The van der Waals surface area contributed by atoms with Crippen molar-refractivity contribution in [2.45, 2.75) is 25.7 Å². The van der Waals surface area contributed by atoms with E-state index >= 15 is 0 Å². The van der Waals surface area contributed by atoms with Crippen molar-refractivity contribution < 1.29 is 4.79 Å². The Hall–Kier alpha value is -2.83. The Labute approximate surface area is 133 Å². The summed E-state index contributed by atoms with van der Waals surface area (Å²) < 4.78 is 1.94. The lowest BCUT2D eigenvalue weighted by Crippen LogP contribution is -2.19. The van der Waals surface area contributed by atoms with Gasteiger partial charge in [0.05, 0.1) is 5.92 Å². The number of aryl methyl sites for hydroxylation is 2. The van der Waals surface area contributed by atoms with Gasteiger partial charge in [-0.3, -0.25) is 9.89 Å². The van der Waals surface area contributed by atoms with Crippen LogP contribution in [0.3, 0.4) is 0 Å². The van der Waals surface area contributed by atoms with Crippen molar-refractivity contribution in [2.75, 3.05) is 0 Å². The molecule has 1 amide bonds. The normalized spacial score (nSPS) is 12.4. The fourth-order valence-electron chi connectivity index (χ4n) is 2.93. The SMILES string of the molecule is CCCc1[nH]nc(C(N)=O)c1C(c1ccc[nH]1)c1nccn1C. The maximum absolute atomic E-state index is 11.9. The van der Waals surface area contributed by atoms with Gasteiger partial charge in [-0.15, -0.1) is 0 Å². The first-order chi connectivity index (χ1) is 11.1. The van der Waals surface area contributed by atoms with Crippen molar-refractivity contribution >= 4 is 5.91 Å². The number of nitrogens with zero attached hydrogens (tertiary/aromatic N) is 3. The molecule has 7 nitrogen and oxygen atoms in total. The maximum Gasteiger partial charge on any atom is 0.269 e. The van der Waals surface area contributed by atoms with Crippen molar-refractivity contribution in [3.8, 4) is 0 Å². The van der Waals surface area contributed by atoms with Gasteiger partial charge in [0.15, 0.2) is 5.69 Å². The number of imidazole rings is 1. The molecule has 1 atom stereocenters. The van der Waals surface area contributed by atoms with Crippen LogP contribution < -0.4 is 5.73 Å². The molecule has 23 heavy (non-hydrogen) atoms. The van der Waals surface area contributed by atoms with Gasteiger partial charge in [-0.1, -0.05) is 13.3 Å². The van der Waals surface area contributed by atoms with E-state index in [1.165, 1.54) is 0 Å². The van der Waals surface area contributed by atoms with Crippen LogP contribution in [0.2, 0.25) is 0 Å². The monoisotopic (exact) mass is 312 g/mol. The summed E-state index contributed by atoms with van der Waals surface area (Å²) in [5, 5.41) is 7.13. The number of aromatic nitrogens is 5. The molecular formula is C16H20N6O. The highest BCUT2D eigenvalue weighted by molar-refractivity contribution is 5.93. The molecule has 0 aliphatic rings. The van der Waals surface area contributed by atoms with Crippen molar-refractivity contribution in [3.63, 3.8) is 0 Å². The number of carbonyl (C=O) groups is 1. The third-order valence-electron chi connectivity index (χ3n) is 3.95. The topological polar surface area (TPSA) is 105 Å². The lowest BCUT2D eigenvalue weighted by atomic mass is 9.91. The van der Waals surface area contributed by atoms with Gasteiger partial charge in [-0.25, -0.2) is 4.98 Å². The predicted molar refractivity (Wildman–Crippen MR) is 86.0 cm³/mol. The van der Waals surface area contributed by atoms with Crippen LogP contribution in [0.4, 0.5) is 0 Å². The summed E-state index contributed by atoms with van der Waals surface area (Å²) >= 11 is 0. The lowest BCUT2D eigenvalue weighted by molar-refractivity contribution is 0.0994. The summed E-state index contributed by atoms with van der Waals surface area (Å²) in [4.78, 5) is 19.6. The lowest BCUT2D eigenvalue weighted by Gasteiger charge is -2.17. The zero-order valence-electron chi connectivity index (χ0n) is 13.2. The highest BCUT2D eigenvalue weighted by Gasteiger charge is 2.30. The number of nitrogens with two attached hydrogens (primary N) is 1. The Balaban J connectivity index is 2.23. The third-order valence-corrected chi connectivity index (χ3v) is 3.95. The van der Waals surface area contributed by atoms with Crippen LogP contribution in [-0.4, -0.2) is 30.6 Å². The average molecular weight is 312 g/mol. The Bertz CT molecular complexity index is 799. The summed E-state index contributed by atoms with van der Waals surface area (Å²) in [6, 6.07) is 3.90. The standard InChI is InChI=1S/C16H20N6O/c1-3-5-11-12(14(15(17)23)21-20-11)13(10-6-4-7-18-10)16-19-8-9-22(16)2/h4,6-9,13,18H,3,5H2,1-2H3,(H2,17,23)(H,20,21). The summed E-state index contributed by atoms with van der Waals surface area (Å²) in [6.45, 7) is 2.08. The molecule has 3 aromatic heterocycles. The molecule has 0 aliphatic heterocycles. The highest BCUT2D eigenvalue weighted by atomic mass is 16.1. The first-order valence-electron chi connectivity index (χ1n) is 7.60. The number of hydrogen-bond acceptors (Lipinski definition) is 3. The number of aromatic amines is 2.